The summed E-state index contributed by atoms with van der Waals surface area (Å²) in [5, 5.41) is 0. The van der Waals surface area contributed by atoms with Crippen LogP contribution >= 0.6 is 0 Å². The van der Waals surface area contributed by atoms with Gasteiger partial charge in [-0.1, -0.05) is 0 Å². The van der Waals surface area contributed by atoms with E-state index in [4.69, 9.17) is 57.5 Å². The van der Waals surface area contributed by atoms with Gasteiger partial charge in [0.15, 0.2) is 0 Å². The van der Waals surface area contributed by atoms with Crippen molar-refractivity contribution in [2.45, 2.75) is 27.7 Å². The zero-order chi connectivity index (χ0) is 23.7. The summed E-state index contributed by atoms with van der Waals surface area (Å²) in [5.74, 6) is 0. The SMILES string of the molecule is CCO[Si](O)(O)O.CCO[Si](O)(O)O.CCO[Si](O)(O)O.CCO[Si](O)(O)O.[SiH4].[SiH4].[SiH4]. The van der Waals surface area contributed by atoms with E-state index < -0.39 is 36.2 Å². The van der Waals surface area contributed by atoms with Crippen molar-refractivity contribution in [2.75, 3.05) is 26.4 Å². The Morgan fingerprint density at radius 3 is 0.452 bits per heavy atom. The molecule has 0 saturated carbocycles. The Hall–Kier alpha value is 0.878. The first kappa shape index (κ1) is 49.1. The van der Waals surface area contributed by atoms with Crippen molar-refractivity contribution >= 4 is 69.1 Å². The van der Waals surface area contributed by atoms with Crippen molar-refractivity contribution < 1.29 is 75.3 Å². The van der Waals surface area contributed by atoms with Crippen LogP contribution in [-0.2, 0) is 17.7 Å². The van der Waals surface area contributed by atoms with Crippen molar-refractivity contribution in [3.05, 3.63) is 0 Å². The first-order chi connectivity index (χ1) is 12.2. The second-order valence-electron chi connectivity index (χ2n) is 4.03. The van der Waals surface area contributed by atoms with Crippen LogP contribution in [0.4, 0.5) is 0 Å². The predicted octanol–water partition coefficient (Wildman–Crippen LogP) is -10.6. The van der Waals surface area contributed by atoms with Crippen LogP contribution in [0.1, 0.15) is 27.7 Å². The van der Waals surface area contributed by atoms with E-state index in [-0.39, 0.29) is 59.3 Å². The van der Waals surface area contributed by atoms with Crippen LogP contribution < -0.4 is 0 Å². The van der Waals surface area contributed by atoms with E-state index in [1.165, 1.54) is 0 Å². The zero-order valence-electron chi connectivity index (χ0n) is 15.8. The molecule has 0 atom stereocenters. The average Bonchev–Trinajstić information content (AvgIpc) is 2.34. The minimum absolute atomic E-state index is 0. The van der Waals surface area contributed by atoms with Crippen LogP contribution in [0.2, 0.25) is 0 Å². The molecule has 0 aromatic heterocycles. The molecule has 0 aromatic carbocycles. The fourth-order valence-electron chi connectivity index (χ4n) is 0.775. The summed E-state index contributed by atoms with van der Waals surface area (Å²) in [5.41, 5.74) is 0. The Morgan fingerprint density at radius 2 is 0.452 bits per heavy atom. The highest BCUT2D eigenvalue weighted by atomic mass is 28.4. The maximum Gasteiger partial charge on any atom is 0.671 e. The molecule has 0 amide bonds. The first-order valence-corrected chi connectivity index (χ1v) is 14.5. The highest BCUT2D eigenvalue weighted by Crippen LogP contribution is 1.86. The Labute approximate surface area is 198 Å². The van der Waals surface area contributed by atoms with Gasteiger partial charge in [-0.3, -0.25) is 0 Å². The molecule has 16 nitrogen and oxygen atoms in total. The van der Waals surface area contributed by atoms with Gasteiger partial charge in [-0.05, 0) is 60.6 Å². The molecule has 31 heavy (non-hydrogen) atoms. The summed E-state index contributed by atoms with van der Waals surface area (Å²) in [7, 11) is -16.6. The minimum atomic E-state index is -4.16. The summed E-state index contributed by atoms with van der Waals surface area (Å²) in [4.78, 5) is 96.5. The molecule has 0 aliphatic carbocycles. The average molecular weight is 593 g/mol. The van der Waals surface area contributed by atoms with Gasteiger partial charge < -0.3 is 75.3 Å². The molecule has 0 heterocycles. The van der Waals surface area contributed by atoms with Gasteiger partial charge in [0.05, 0.1) is 0 Å². The molecule has 0 aromatic rings. The van der Waals surface area contributed by atoms with Crippen molar-refractivity contribution in [1.29, 1.82) is 0 Å². The van der Waals surface area contributed by atoms with Gasteiger partial charge in [-0.25, -0.2) is 0 Å². The topological polar surface area (TPSA) is 280 Å². The van der Waals surface area contributed by atoms with Crippen LogP contribution in [0, 0.1) is 0 Å². The van der Waals surface area contributed by atoms with Crippen molar-refractivity contribution in [3.8, 4) is 0 Å². The molecular weight excluding hydrogens is 549 g/mol. The Balaban J connectivity index is -0.0000000480. The predicted molar refractivity (Wildman–Crippen MR) is 130 cm³/mol. The summed E-state index contributed by atoms with van der Waals surface area (Å²) in [6.45, 7) is 6.72. The largest absolute Gasteiger partial charge is 0.671 e. The highest BCUT2D eigenvalue weighted by Gasteiger charge is 2.30. The number of rotatable bonds is 8. The third kappa shape index (κ3) is 90.4. The van der Waals surface area contributed by atoms with Crippen molar-refractivity contribution in [1.82, 2.24) is 0 Å². The zero-order valence-corrected chi connectivity index (χ0v) is 19.8. The lowest BCUT2D eigenvalue weighted by atomic mass is 10.9. The van der Waals surface area contributed by atoms with Gasteiger partial charge in [0.2, 0.25) is 0 Å². The number of hydrogen-bond donors (Lipinski definition) is 12. The lowest BCUT2D eigenvalue weighted by Gasteiger charge is -2.05. The molecular formula is C8H44O16Si7. The summed E-state index contributed by atoms with van der Waals surface area (Å²) < 4.78 is 16.1. The molecule has 0 rings (SSSR count). The van der Waals surface area contributed by atoms with Crippen molar-refractivity contribution in [2.24, 2.45) is 0 Å². The summed E-state index contributed by atoms with van der Waals surface area (Å²) in [6, 6.07) is 0. The molecule has 0 unspecified atom stereocenters. The van der Waals surface area contributed by atoms with Crippen LogP contribution in [-0.4, -0.2) is 153 Å². The highest BCUT2D eigenvalue weighted by molar-refractivity contribution is 6.49. The summed E-state index contributed by atoms with van der Waals surface area (Å²) >= 11 is 0. The third-order valence-corrected chi connectivity index (χ3v) is 4.06. The van der Waals surface area contributed by atoms with E-state index in [0.717, 1.165) is 0 Å². The first-order valence-electron chi connectivity index (χ1n) is 7.48. The fraction of sp³-hybridized carbons (Fsp3) is 1.00. The molecule has 0 spiro atoms. The van der Waals surface area contributed by atoms with Crippen LogP contribution in [0.15, 0.2) is 0 Å². The Bertz CT molecular complexity index is 264. The molecule has 0 radical (unpaired) electrons. The van der Waals surface area contributed by atoms with Crippen LogP contribution in [0.5, 0.6) is 0 Å². The lowest BCUT2D eigenvalue weighted by molar-refractivity contribution is 0.0669. The standard InChI is InChI=1S/4C2H8O4Si.3H4Si/c4*1-2-6-7(3,4)5;;;/h4*3-5H,2H2,1H3;3*1H4. The van der Waals surface area contributed by atoms with E-state index in [9.17, 15) is 0 Å². The molecule has 0 fully saturated rings. The van der Waals surface area contributed by atoms with Crippen LogP contribution in [0.3, 0.4) is 0 Å². The van der Waals surface area contributed by atoms with Crippen molar-refractivity contribution in [3.63, 3.8) is 0 Å². The molecule has 23 heteroatoms. The van der Waals surface area contributed by atoms with Gasteiger partial charge in [-0.2, -0.15) is 0 Å². The molecule has 0 aliphatic rings. The van der Waals surface area contributed by atoms with E-state index in [1.807, 2.05) is 0 Å². The minimum Gasteiger partial charge on any atom is -0.368 e. The monoisotopic (exact) mass is 592 g/mol. The van der Waals surface area contributed by atoms with E-state index >= 15 is 0 Å². The van der Waals surface area contributed by atoms with Gasteiger partial charge in [-0.15, -0.1) is 0 Å². The lowest BCUT2D eigenvalue weighted by Crippen LogP contribution is -2.38. The molecule has 0 bridgehead atoms. The maximum absolute atomic E-state index is 8.05. The van der Waals surface area contributed by atoms with E-state index in [1.54, 1.807) is 27.7 Å². The summed E-state index contributed by atoms with van der Waals surface area (Å²) in [6.07, 6.45) is 0. The molecule has 0 aliphatic heterocycles. The van der Waals surface area contributed by atoms with Gasteiger partial charge in [0, 0.05) is 26.4 Å². The quantitative estimate of drug-likeness (QED) is 0.116. The third-order valence-electron chi connectivity index (χ3n) is 1.35. The smallest absolute Gasteiger partial charge is 0.368 e. The fourth-order valence-corrected chi connectivity index (χ4v) is 2.32. The second-order valence-corrected chi connectivity index (χ2v) is 9.77. The molecule has 12 N–H and O–H groups in total. The number of hydrogen-bond acceptors (Lipinski definition) is 16. The Kier molecular flexibility index (Phi) is 40.4. The normalized spacial score (nSPS) is 10.8. The van der Waals surface area contributed by atoms with Gasteiger partial charge >= 0.3 is 36.2 Å². The maximum atomic E-state index is 8.05. The molecule has 200 valence electrons. The van der Waals surface area contributed by atoms with E-state index in [2.05, 4.69) is 17.7 Å². The second kappa shape index (κ2) is 25.5. The van der Waals surface area contributed by atoms with E-state index in [0.29, 0.717) is 0 Å². The van der Waals surface area contributed by atoms with Crippen LogP contribution in [0.25, 0.3) is 0 Å². The van der Waals surface area contributed by atoms with Gasteiger partial charge in [0.25, 0.3) is 0 Å². The van der Waals surface area contributed by atoms with Gasteiger partial charge in [0.1, 0.15) is 0 Å². The molecule has 0 saturated heterocycles. The Morgan fingerprint density at radius 1 is 0.355 bits per heavy atom.